The van der Waals surface area contributed by atoms with Crippen molar-refractivity contribution in [1.29, 1.82) is 0 Å². The Bertz CT molecular complexity index is 569. The molecule has 0 radical (unpaired) electrons. The molecule has 0 aliphatic heterocycles. The summed E-state index contributed by atoms with van der Waals surface area (Å²) in [6, 6.07) is 1.71. The maximum Gasteiger partial charge on any atom is 0.273 e. The first-order valence-corrected chi connectivity index (χ1v) is 5.85. The number of rotatable bonds is 2. The fourth-order valence-corrected chi connectivity index (χ4v) is 2.00. The number of carbonyl (C=O) groups excluding carboxylic acids is 1. The monoisotopic (exact) mass is 314 g/mol. The molecule has 0 unspecified atom stereocenters. The van der Waals surface area contributed by atoms with E-state index < -0.39 is 0 Å². The molecule has 0 fully saturated rings. The average molecular weight is 316 g/mol. The van der Waals surface area contributed by atoms with Crippen LogP contribution in [-0.2, 0) is 7.05 Å². The minimum Gasteiger partial charge on any atom is -0.345 e. The van der Waals surface area contributed by atoms with E-state index in [-0.39, 0.29) is 16.9 Å². The summed E-state index contributed by atoms with van der Waals surface area (Å²) in [6.07, 6.45) is 4.70. The summed E-state index contributed by atoms with van der Waals surface area (Å²) in [5, 5.41) is 2.76. The molecule has 2 rings (SSSR count). The zero-order valence-corrected chi connectivity index (χ0v) is 11.2. The second-order valence-corrected chi connectivity index (χ2v) is 4.58. The minimum absolute atomic E-state index is 0.161. The lowest BCUT2D eigenvalue weighted by molar-refractivity contribution is 0.101. The van der Waals surface area contributed by atoms with Crippen LogP contribution in [0.3, 0.4) is 0 Å². The predicted molar refractivity (Wildman–Crippen MR) is 68.1 cm³/mol. The molecule has 2 aromatic heterocycles. The second-order valence-electron chi connectivity index (χ2n) is 3.30. The maximum atomic E-state index is 11.9. The first-order chi connectivity index (χ1) is 8.08. The predicted octanol–water partition coefficient (Wildman–Crippen LogP) is 2.48. The van der Waals surface area contributed by atoms with Gasteiger partial charge in [-0.05, 0) is 22.0 Å². The van der Waals surface area contributed by atoms with Crippen LogP contribution >= 0.6 is 27.5 Å². The Balaban J connectivity index is 2.23. The fraction of sp³-hybridized carbons (Fsp3) is 0.100. The third-order valence-electron chi connectivity index (χ3n) is 2.09. The first-order valence-electron chi connectivity index (χ1n) is 4.67. The second kappa shape index (κ2) is 4.85. The van der Waals surface area contributed by atoms with Gasteiger partial charge in [-0.15, -0.1) is 0 Å². The summed E-state index contributed by atoms with van der Waals surface area (Å²) in [5.74, 6) is -0.0444. The summed E-state index contributed by atoms with van der Waals surface area (Å²) in [5.41, 5.74) is 0.499. The van der Waals surface area contributed by atoms with Gasteiger partial charge in [0.2, 0.25) is 0 Å². The summed E-state index contributed by atoms with van der Waals surface area (Å²) < 4.78 is 2.53. The van der Waals surface area contributed by atoms with Crippen molar-refractivity contribution in [1.82, 2.24) is 14.5 Å². The van der Waals surface area contributed by atoms with Crippen molar-refractivity contribution >= 4 is 39.3 Å². The molecule has 0 bridgehead atoms. The zero-order chi connectivity index (χ0) is 12.4. The molecule has 0 aliphatic rings. The number of aryl methyl sites for hydroxylation is 1. The number of nitrogens with one attached hydrogen (secondary N) is 1. The SMILES string of the molecule is Cn1cc(Br)cc1C(=O)Nc1nccnc1Cl. The lowest BCUT2D eigenvalue weighted by Crippen LogP contribution is -2.16. The van der Waals surface area contributed by atoms with Gasteiger partial charge in [-0.1, -0.05) is 11.6 Å². The van der Waals surface area contributed by atoms with Crippen molar-refractivity contribution in [2.45, 2.75) is 0 Å². The van der Waals surface area contributed by atoms with Gasteiger partial charge in [-0.25, -0.2) is 9.97 Å². The van der Waals surface area contributed by atoms with Gasteiger partial charge >= 0.3 is 0 Å². The molecule has 0 aliphatic carbocycles. The van der Waals surface area contributed by atoms with Crippen molar-refractivity contribution in [3.05, 3.63) is 40.0 Å². The van der Waals surface area contributed by atoms with Crippen LogP contribution in [0.5, 0.6) is 0 Å². The van der Waals surface area contributed by atoms with Gasteiger partial charge in [-0.3, -0.25) is 4.79 Å². The van der Waals surface area contributed by atoms with E-state index in [1.807, 2.05) is 0 Å². The Morgan fingerprint density at radius 3 is 2.76 bits per heavy atom. The Morgan fingerprint density at radius 1 is 1.47 bits per heavy atom. The van der Waals surface area contributed by atoms with Gasteiger partial charge < -0.3 is 9.88 Å². The van der Waals surface area contributed by atoms with E-state index in [4.69, 9.17) is 11.6 Å². The van der Waals surface area contributed by atoms with Crippen molar-refractivity contribution in [2.24, 2.45) is 7.05 Å². The summed E-state index contributed by atoms with van der Waals surface area (Å²) in [6.45, 7) is 0. The Morgan fingerprint density at radius 2 is 2.18 bits per heavy atom. The highest BCUT2D eigenvalue weighted by atomic mass is 79.9. The number of halogens is 2. The van der Waals surface area contributed by atoms with E-state index in [1.165, 1.54) is 12.4 Å². The van der Waals surface area contributed by atoms with Crippen LogP contribution in [0.4, 0.5) is 5.82 Å². The Kier molecular flexibility index (Phi) is 3.44. The number of aromatic nitrogens is 3. The molecular weight excluding hydrogens is 307 g/mol. The molecule has 0 spiro atoms. The molecule has 0 saturated carbocycles. The van der Waals surface area contributed by atoms with Crippen LogP contribution in [0.15, 0.2) is 29.1 Å². The van der Waals surface area contributed by atoms with Crippen LogP contribution in [-0.4, -0.2) is 20.4 Å². The molecule has 0 saturated heterocycles. The van der Waals surface area contributed by atoms with Crippen molar-refractivity contribution < 1.29 is 4.79 Å². The van der Waals surface area contributed by atoms with Gasteiger partial charge in [0.15, 0.2) is 11.0 Å². The zero-order valence-electron chi connectivity index (χ0n) is 8.82. The molecule has 5 nitrogen and oxygen atoms in total. The van der Waals surface area contributed by atoms with Crippen molar-refractivity contribution in [3.8, 4) is 0 Å². The van der Waals surface area contributed by atoms with Crippen LogP contribution in [0.2, 0.25) is 5.15 Å². The van der Waals surface area contributed by atoms with Crippen LogP contribution in [0.1, 0.15) is 10.5 Å². The van der Waals surface area contributed by atoms with Gasteiger partial charge in [0.25, 0.3) is 5.91 Å². The van der Waals surface area contributed by atoms with Crippen LogP contribution in [0.25, 0.3) is 0 Å². The van der Waals surface area contributed by atoms with Crippen LogP contribution < -0.4 is 5.32 Å². The number of nitrogens with zero attached hydrogens (tertiary/aromatic N) is 3. The molecule has 0 atom stereocenters. The van der Waals surface area contributed by atoms with Gasteiger partial charge in [0, 0.05) is 30.1 Å². The molecule has 88 valence electrons. The standard InChI is InChI=1S/C10H8BrClN4O/c1-16-5-6(11)4-7(16)10(17)15-9-8(12)13-2-3-14-9/h2-5H,1H3,(H,14,15,17). The Labute approximate surface area is 111 Å². The fourth-order valence-electron chi connectivity index (χ4n) is 1.33. The molecule has 2 aromatic rings. The average Bonchev–Trinajstić information content (AvgIpc) is 2.61. The highest BCUT2D eigenvalue weighted by Crippen LogP contribution is 2.18. The summed E-state index contributed by atoms with van der Waals surface area (Å²) >= 11 is 9.09. The van der Waals surface area contributed by atoms with E-state index in [0.717, 1.165) is 4.47 Å². The highest BCUT2D eigenvalue weighted by molar-refractivity contribution is 9.10. The van der Waals surface area contributed by atoms with Crippen LogP contribution in [0, 0.1) is 0 Å². The molecule has 1 amide bonds. The summed E-state index contributed by atoms with van der Waals surface area (Å²) in [7, 11) is 1.78. The van der Waals surface area contributed by atoms with Gasteiger partial charge in [0.05, 0.1) is 0 Å². The van der Waals surface area contributed by atoms with Crippen molar-refractivity contribution in [3.63, 3.8) is 0 Å². The number of amides is 1. The lowest BCUT2D eigenvalue weighted by Gasteiger charge is -2.05. The highest BCUT2D eigenvalue weighted by Gasteiger charge is 2.13. The normalized spacial score (nSPS) is 10.3. The van der Waals surface area contributed by atoms with Gasteiger partial charge in [0.1, 0.15) is 5.69 Å². The molecule has 7 heteroatoms. The molecule has 1 N–H and O–H groups in total. The number of anilines is 1. The topological polar surface area (TPSA) is 59.8 Å². The maximum absolute atomic E-state index is 11.9. The number of hydrogen-bond acceptors (Lipinski definition) is 3. The third-order valence-corrected chi connectivity index (χ3v) is 2.80. The quantitative estimate of drug-likeness (QED) is 0.926. The Hall–Kier alpha value is -1.40. The van der Waals surface area contributed by atoms with E-state index in [9.17, 15) is 4.79 Å². The van der Waals surface area contributed by atoms with E-state index in [1.54, 1.807) is 23.9 Å². The first kappa shape index (κ1) is 12.1. The molecule has 2 heterocycles. The summed E-state index contributed by atoms with van der Waals surface area (Å²) in [4.78, 5) is 19.7. The number of carbonyl (C=O) groups is 1. The molecule has 0 aromatic carbocycles. The molecule has 17 heavy (non-hydrogen) atoms. The minimum atomic E-state index is -0.291. The van der Waals surface area contributed by atoms with Gasteiger partial charge in [-0.2, -0.15) is 0 Å². The largest absolute Gasteiger partial charge is 0.345 e. The van der Waals surface area contributed by atoms with E-state index in [2.05, 4.69) is 31.2 Å². The van der Waals surface area contributed by atoms with E-state index >= 15 is 0 Å². The smallest absolute Gasteiger partial charge is 0.273 e. The van der Waals surface area contributed by atoms with Crippen molar-refractivity contribution in [2.75, 3.05) is 5.32 Å². The lowest BCUT2D eigenvalue weighted by atomic mass is 10.4. The molecular formula is C10H8BrClN4O. The number of hydrogen-bond donors (Lipinski definition) is 1. The van der Waals surface area contributed by atoms with E-state index in [0.29, 0.717) is 5.69 Å². The third kappa shape index (κ3) is 2.65.